The number of sulfonamides is 1. The van der Waals surface area contributed by atoms with E-state index >= 15 is 0 Å². The minimum absolute atomic E-state index is 0.0123. The normalized spacial score (nSPS) is 12.3. The summed E-state index contributed by atoms with van der Waals surface area (Å²) in [4.78, 5) is 0.196. The van der Waals surface area contributed by atoms with Gasteiger partial charge in [-0.25, -0.2) is 8.42 Å². The molecule has 102 valence electrons. The Kier molecular flexibility index (Phi) is 5.31. The highest BCUT2D eigenvalue weighted by molar-refractivity contribution is 7.89. The van der Waals surface area contributed by atoms with Gasteiger partial charge in [0, 0.05) is 13.1 Å². The van der Waals surface area contributed by atoms with E-state index in [4.69, 9.17) is 0 Å². The van der Waals surface area contributed by atoms with Crippen LogP contribution in [-0.2, 0) is 16.6 Å². The molecule has 0 fully saturated rings. The molecule has 0 atom stereocenters. The fourth-order valence-electron chi connectivity index (χ4n) is 2.04. The minimum Gasteiger partial charge on any atom is -0.392 e. The van der Waals surface area contributed by atoms with Crippen molar-refractivity contribution in [2.75, 3.05) is 7.05 Å². The molecule has 5 heteroatoms. The molecule has 0 unspecified atom stereocenters. The van der Waals surface area contributed by atoms with Gasteiger partial charge in [0.25, 0.3) is 0 Å². The molecule has 0 aromatic heterocycles. The van der Waals surface area contributed by atoms with Gasteiger partial charge in [-0.15, -0.1) is 0 Å². The van der Waals surface area contributed by atoms with Gasteiger partial charge in [-0.2, -0.15) is 4.31 Å². The van der Waals surface area contributed by atoms with Gasteiger partial charge >= 0.3 is 0 Å². The summed E-state index contributed by atoms with van der Waals surface area (Å²) in [6.45, 7) is 3.67. The quantitative estimate of drug-likeness (QED) is 0.861. The van der Waals surface area contributed by atoms with Crippen molar-refractivity contribution in [1.82, 2.24) is 4.31 Å². The first-order valence-corrected chi connectivity index (χ1v) is 7.59. The van der Waals surface area contributed by atoms with Gasteiger partial charge in [0.05, 0.1) is 11.5 Å². The molecule has 4 nitrogen and oxygen atoms in total. The zero-order valence-electron chi connectivity index (χ0n) is 11.1. The van der Waals surface area contributed by atoms with Crippen molar-refractivity contribution in [2.45, 2.75) is 44.2 Å². The fourth-order valence-corrected chi connectivity index (χ4v) is 3.76. The lowest BCUT2D eigenvalue weighted by Crippen LogP contribution is -2.36. The van der Waals surface area contributed by atoms with Crippen molar-refractivity contribution < 1.29 is 13.5 Å². The van der Waals surface area contributed by atoms with E-state index in [9.17, 15) is 13.5 Å². The standard InChI is InChI=1S/C13H21NO3S/c1-4-12(5-2)14(3)18(16,17)13-9-7-6-8-11(13)10-15/h6-9,12,15H,4-5,10H2,1-3H3. The second kappa shape index (κ2) is 6.31. The molecule has 1 aromatic carbocycles. The van der Waals surface area contributed by atoms with Crippen molar-refractivity contribution in [3.05, 3.63) is 29.8 Å². The Labute approximate surface area is 109 Å². The van der Waals surface area contributed by atoms with E-state index in [1.54, 1.807) is 31.3 Å². The summed E-state index contributed by atoms with van der Waals surface area (Å²) in [5.41, 5.74) is 0.440. The fraction of sp³-hybridized carbons (Fsp3) is 0.538. The van der Waals surface area contributed by atoms with E-state index < -0.39 is 10.0 Å². The average Bonchev–Trinajstić information content (AvgIpc) is 2.39. The summed E-state index contributed by atoms with van der Waals surface area (Å²) in [7, 11) is -1.93. The average molecular weight is 271 g/mol. The van der Waals surface area contributed by atoms with Crippen LogP contribution in [0.15, 0.2) is 29.2 Å². The third-order valence-corrected chi connectivity index (χ3v) is 5.27. The Hall–Kier alpha value is -0.910. The number of nitrogens with zero attached hydrogens (tertiary/aromatic N) is 1. The molecular formula is C13H21NO3S. The molecule has 1 aromatic rings. The summed E-state index contributed by atoms with van der Waals surface area (Å²) in [5, 5.41) is 9.23. The van der Waals surface area contributed by atoms with Crippen LogP contribution in [-0.4, -0.2) is 30.9 Å². The highest BCUT2D eigenvalue weighted by atomic mass is 32.2. The minimum atomic E-state index is -3.53. The van der Waals surface area contributed by atoms with Crippen LogP contribution in [0.4, 0.5) is 0 Å². The van der Waals surface area contributed by atoms with Gasteiger partial charge in [-0.1, -0.05) is 32.0 Å². The highest BCUT2D eigenvalue weighted by Crippen LogP contribution is 2.22. The van der Waals surface area contributed by atoms with E-state index in [1.807, 2.05) is 13.8 Å². The van der Waals surface area contributed by atoms with Crippen molar-refractivity contribution >= 4 is 10.0 Å². The Morgan fingerprint density at radius 1 is 1.22 bits per heavy atom. The molecule has 0 saturated carbocycles. The zero-order chi connectivity index (χ0) is 13.8. The lowest BCUT2D eigenvalue weighted by atomic mass is 10.2. The van der Waals surface area contributed by atoms with Gasteiger partial charge in [0.15, 0.2) is 0 Å². The number of hydrogen-bond donors (Lipinski definition) is 1. The lowest BCUT2D eigenvalue weighted by Gasteiger charge is -2.26. The van der Waals surface area contributed by atoms with Crippen molar-refractivity contribution in [2.24, 2.45) is 0 Å². The van der Waals surface area contributed by atoms with Gasteiger partial charge < -0.3 is 5.11 Å². The summed E-state index contributed by atoms with van der Waals surface area (Å²) in [5.74, 6) is 0. The second-order valence-corrected chi connectivity index (χ2v) is 6.22. The maximum Gasteiger partial charge on any atom is 0.243 e. The van der Waals surface area contributed by atoms with Crippen LogP contribution < -0.4 is 0 Å². The molecule has 0 aliphatic carbocycles. The van der Waals surface area contributed by atoms with E-state index in [0.29, 0.717) is 5.56 Å². The van der Waals surface area contributed by atoms with Crippen LogP contribution in [0.3, 0.4) is 0 Å². The zero-order valence-corrected chi connectivity index (χ0v) is 11.9. The topological polar surface area (TPSA) is 57.6 Å². The van der Waals surface area contributed by atoms with Crippen LogP contribution >= 0.6 is 0 Å². The summed E-state index contributed by atoms with van der Waals surface area (Å²) >= 11 is 0. The van der Waals surface area contributed by atoms with Crippen LogP contribution in [0.1, 0.15) is 32.3 Å². The Bertz CT molecular complexity index is 481. The molecule has 0 aliphatic rings. The highest BCUT2D eigenvalue weighted by Gasteiger charge is 2.27. The van der Waals surface area contributed by atoms with Crippen LogP contribution in [0, 0.1) is 0 Å². The molecule has 0 amide bonds. The molecule has 0 aliphatic heterocycles. The SMILES string of the molecule is CCC(CC)N(C)S(=O)(=O)c1ccccc1CO. The summed E-state index contributed by atoms with van der Waals surface area (Å²) < 4.78 is 26.4. The lowest BCUT2D eigenvalue weighted by molar-refractivity contribution is 0.277. The smallest absolute Gasteiger partial charge is 0.243 e. The Morgan fingerprint density at radius 3 is 2.28 bits per heavy atom. The largest absolute Gasteiger partial charge is 0.392 e. The molecule has 18 heavy (non-hydrogen) atoms. The summed E-state index contributed by atoms with van der Waals surface area (Å²) in [6.07, 6.45) is 1.54. The molecule has 0 bridgehead atoms. The van der Waals surface area contributed by atoms with Gasteiger partial charge in [-0.3, -0.25) is 0 Å². The molecular weight excluding hydrogens is 250 g/mol. The predicted octanol–water partition coefficient (Wildman–Crippen LogP) is 1.99. The van der Waals surface area contributed by atoms with Gasteiger partial charge in [-0.05, 0) is 24.5 Å². The molecule has 0 saturated heterocycles. The maximum atomic E-state index is 12.5. The molecule has 1 rings (SSSR count). The maximum absolute atomic E-state index is 12.5. The van der Waals surface area contributed by atoms with Crippen molar-refractivity contribution in [3.63, 3.8) is 0 Å². The predicted molar refractivity (Wildman–Crippen MR) is 71.7 cm³/mol. The second-order valence-electron chi connectivity index (χ2n) is 4.26. The Morgan fingerprint density at radius 2 is 1.78 bits per heavy atom. The molecule has 1 N–H and O–H groups in total. The number of benzene rings is 1. The first kappa shape index (κ1) is 15.1. The number of rotatable bonds is 6. The third-order valence-electron chi connectivity index (χ3n) is 3.26. The van der Waals surface area contributed by atoms with E-state index in [2.05, 4.69) is 0 Å². The van der Waals surface area contributed by atoms with E-state index in [-0.39, 0.29) is 17.5 Å². The Balaban J connectivity index is 3.21. The van der Waals surface area contributed by atoms with Crippen molar-refractivity contribution in [3.8, 4) is 0 Å². The van der Waals surface area contributed by atoms with E-state index in [0.717, 1.165) is 12.8 Å². The first-order chi connectivity index (χ1) is 8.48. The van der Waals surface area contributed by atoms with Crippen LogP contribution in [0.5, 0.6) is 0 Å². The molecule has 0 radical (unpaired) electrons. The third kappa shape index (κ3) is 2.91. The molecule has 0 spiro atoms. The monoisotopic (exact) mass is 271 g/mol. The van der Waals surface area contributed by atoms with Gasteiger partial charge in [0.1, 0.15) is 0 Å². The van der Waals surface area contributed by atoms with Gasteiger partial charge in [0.2, 0.25) is 10.0 Å². The van der Waals surface area contributed by atoms with Crippen molar-refractivity contribution in [1.29, 1.82) is 0 Å². The van der Waals surface area contributed by atoms with Crippen LogP contribution in [0.25, 0.3) is 0 Å². The number of aliphatic hydroxyl groups is 1. The first-order valence-electron chi connectivity index (χ1n) is 6.15. The van der Waals surface area contributed by atoms with E-state index in [1.165, 1.54) is 4.31 Å². The number of aliphatic hydroxyl groups excluding tert-OH is 1. The molecule has 0 heterocycles. The summed E-state index contributed by atoms with van der Waals surface area (Å²) in [6, 6.07) is 6.56. The number of hydrogen-bond acceptors (Lipinski definition) is 3. The van der Waals surface area contributed by atoms with Crippen LogP contribution in [0.2, 0.25) is 0 Å².